The Balaban J connectivity index is 2.04. The largest absolute Gasteiger partial charge is 0.504 e. The van der Waals surface area contributed by atoms with Gasteiger partial charge in [-0.15, -0.1) is 0 Å². The summed E-state index contributed by atoms with van der Waals surface area (Å²) in [6.07, 6.45) is 0. The van der Waals surface area contributed by atoms with Crippen molar-refractivity contribution in [3.8, 4) is 45.4 Å². The van der Waals surface area contributed by atoms with Gasteiger partial charge in [-0.1, -0.05) is 108 Å². The minimum absolute atomic E-state index is 0.0931. The van der Waals surface area contributed by atoms with Crippen molar-refractivity contribution in [2.75, 3.05) is 0 Å². The zero-order chi connectivity index (χ0) is 24.0. The summed E-state index contributed by atoms with van der Waals surface area (Å²) in [5.74, 6) is 0.302. The van der Waals surface area contributed by atoms with Crippen LogP contribution in [0.1, 0.15) is 52.7 Å². The number of imidazole rings is 1. The molecule has 1 aromatic heterocycles. The summed E-state index contributed by atoms with van der Waals surface area (Å²) in [5, 5.41) is 22.3. The summed E-state index contributed by atoms with van der Waals surface area (Å²) in [5.41, 5.74) is 5.22. The molecule has 1 heterocycles. The molecule has 0 saturated carbocycles. The molecule has 170 valence electrons. The maximum absolute atomic E-state index is 11.3. The molecule has 0 aliphatic carbocycles. The summed E-state index contributed by atoms with van der Waals surface area (Å²) in [7, 11) is 0. The van der Waals surface area contributed by atoms with E-state index in [1.54, 1.807) is 0 Å². The molecule has 33 heavy (non-hydrogen) atoms. The number of aromatic hydroxyl groups is 2. The van der Waals surface area contributed by atoms with Crippen molar-refractivity contribution in [1.82, 2.24) is 9.97 Å². The van der Waals surface area contributed by atoms with E-state index in [4.69, 9.17) is 4.98 Å². The van der Waals surface area contributed by atoms with Gasteiger partial charge in [0.25, 0.3) is 0 Å². The van der Waals surface area contributed by atoms with Gasteiger partial charge < -0.3 is 15.2 Å². The van der Waals surface area contributed by atoms with Gasteiger partial charge in [-0.25, -0.2) is 4.98 Å². The highest BCUT2D eigenvalue weighted by Gasteiger charge is 2.31. The van der Waals surface area contributed by atoms with Crippen LogP contribution in [-0.4, -0.2) is 20.2 Å². The highest BCUT2D eigenvalue weighted by Crippen LogP contribution is 2.48. The fourth-order valence-corrected chi connectivity index (χ4v) is 4.17. The van der Waals surface area contributed by atoms with Crippen molar-refractivity contribution in [3.05, 3.63) is 77.9 Å². The van der Waals surface area contributed by atoms with Gasteiger partial charge in [-0.3, -0.25) is 0 Å². The predicted octanol–water partition coefficient (Wildman–Crippen LogP) is 7.42. The molecule has 3 N–H and O–H groups in total. The van der Waals surface area contributed by atoms with Gasteiger partial charge in [-0.05, 0) is 16.4 Å². The molecule has 0 spiro atoms. The van der Waals surface area contributed by atoms with E-state index in [0.29, 0.717) is 17.0 Å². The average Bonchev–Trinajstić information content (AvgIpc) is 3.20. The number of rotatable bonds is 3. The third-order valence-electron chi connectivity index (χ3n) is 5.94. The highest BCUT2D eigenvalue weighted by atomic mass is 16.3. The molecular formula is C29H32N2O2. The van der Waals surface area contributed by atoms with Crippen molar-refractivity contribution in [2.45, 2.75) is 52.4 Å². The maximum atomic E-state index is 11.3. The SMILES string of the molecule is CC(C)(C)c1cc(C(C)(C)C)c(-c2nc(-c3ccccc3)c(-c3ccccc3)[nH]2)c(O)c1O. The Hall–Kier alpha value is -3.53. The lowest BCUT2D eigenvalue weighted by molar-refractivity contribution is 0.387. The smallest absolute Gasteiger partial charge is 0.169 e. The van der Waals surface area contributed by atoms with E-state index in [2.05, 4.69) is 25.8 Å². The van der Waals surface area contributed by atoms with E-state index < -0.39 is 0 Å². The topological polar surface area (TPSA) is 69.1 Å². The molecule has 4 rings (SSSR count). The first-order valence-electron chi connectivity index (χ1n) is 11.3. The van der Waals surface area contributed by atoms with Crippen molar-refractivity contribution in [1.29, 1.82) is 0 Å². The van der Waals surface area contributed by atoms with Crippen LogP contribution in [0.2, 0.25) is 0 Å². The first-order chi connectivity index (χ1) is 15.5. The van der Waals surface area contributed by atoms with Gasteiger partial charge >= 0.3 is 0 Å². The Kier molecular flexibility index (Phi) is 5.57. The summed E-state index contributed by atoms with van der Waals surface area (Å²) < 4.78 is 0. The number of hydrogen-bond donors (Lipinski definition) is 3. The van der Waals surface area contributed by atoms with Crippen LogP contribution in [0.5, 0.6) is 11.5 Å². The standard InChI is InChI=1S/C29H32N2O2/c1-28(2,3)20-17-21(29(4,5)6)25(32)26(33)22(20)27-30-23(18-13-9-7-10-14-18)24(31-27)19-15-11-8-12-16-19/h7-17,32-33H,1-6H3,(H,30,31). The predicted molar refractivity (Wildman–Crippen MR) is 136 cm³/mol. The molecule has 0 atom stereocenters. The first kappa shape index (κ1) is 22.7. The zero-order valence-electron chi connectivity index (χ0n) is 20.2. The Morgan fingerprint density at radius 3 is 1.70 bits per heavy atom. The third-order valence-corrected chi connectivity index (χ3v) is 5.94. The van der Waals surface area contributed by atoms with E-state index in [-0.39, 0.29) is 22.3 Å². The summed E-state index contributed by atoms with van der Waals surface area (Å²) in [6.45, 7) is 12.4. The van der Waals surface area contributed by atoms with Crippen LogP contribution in [-0.2, 0) is 10.8 Å². The van der Waals surface area contributed by atoms with Crippen molar-refractivity contribution in [2.24, 2.45) is 0 Å². The number of phenolic OH excluding ortho intramolecular Hbond substituents is 2. The van der Waals surface area contributed by atoms with Gasteiger partial charge in [0, 0.05) is 16.7 Å². The number of nitrogens with one attached hydrogen (secondary N) is 1. The number of H-pyrrole nitrogens is 1. The average molecular weight is 441 g/mol. The molecule has 0 radical (unpaired) electrons. The number of aromatic amines is 1. The molecule has 0 aliphatic rings. The van der Waals surface area contributed by atoms with Gasteiger partial charge in [0.1, 0.15) is 5.82 Å². The lowest BCUT2D eigenvalue weighted by atomic mass is 9.77. The minimum atomic E-state index is -0.326. The molecule has 4 heteroatoms. The lowest BCUT2D eigenvalue weighted by Crippen LogP contribution is -2.18. The molecule has 0 saturated heterocycles. The van der Waals surface area contributed by atoms with Crippen LogP contribution in [0.3, 0.4) is 0 Å². The normalized spacial score (nSPS) is 12.2. The Morgan fingerprint density at radius 1 is 0.667 bits per heavy atom. The number of nitrogens with zero attached hydrogens (tertiary/aromatic N) is 1. The van der Waals surface area contributed by atoms with Crippen LogP contribution < -0.4 is 0 Å². The van der Waals surface area contributed by atoms with Crippen LogP contribution in [0.15, 0.2) is 66.7 Å². The summed E-state index contributed by atoms with van der Waals surface area (Å²) in [4.78, 5) is 8.44. The second kappa shape index (κ2) is 8.11. The molecule has 0 aliphatic heterocycles. The summed E-state index contributed by atoms with van der Waals surface area (Å²) in [6, 6.07) is 22.1. The third kappa shape index (κ3) is 4.25. The second-order valence-electron chi connectivity index (χ2n) is 10.6. The molecule has 4 nitrogen and oxygen atoms in total. The molecule has 0 amide bonds. The number of aromatic nitrogens is 2. The quantitative estimate of drug-likeness (QED) is 0.290. The Labute approximate surface area is 196 Å². The van der Waals surface area contributed by atoms with E-state index >= 15 is 0 Å². The van der Waals surface area contributed by atoms with Crippen LogP contribution in [0, 0.1) is 0 Å². The molecule has 0 unspecified atom stereocenters. The molecule has 0 fully saturated rings. The number of phenols is 2. The monoisotopic (exact) mass is 440 g/mol. The van der Waals surface area contributed by atoms with Crippen molar-refractivity contribution < 1.29 is 10.2 Å². The molecular weight excluding hydrogens is 408 g/mol. The van der Waals surface area contributed by atoms with Gasteiger partial charge in [0.15, 0.2) is 11.5 Å². The van der Waals surface area contributed by atoms with Gasteiger partial charge in [0.05, 0.1) is 17.0 Å². The number of hydrogen-bond acceptors (Lipinski definition) is 3. The highest BCUT2D eigenvalue weighted by molar-refractivity contribution is 5.84. The van der Waals surface area contributed by atoms with Crippen LogP contribution in [0.4, 0.5) is 0 Å². The Bertz CT molecular complexity index is 1220. The minimum Gasteiger partial charge on any atom is -0.504 e. The van der Waals surface area contributed by atoms with E-state index in [0.717, 1.165) is 28.1 Å². The molecule has 0 bridgehead atoms. The zero-order valence-corrected chi connectivity index (χ0v) is 20.2. The summed E-state index contributed by atoms with van der Waals surface area (Å²) >= 11 is 0. The fraction of sp³-hybridized carbons (Fsp3) is 0.276. The first-order valence-corrected chi connectivity index (χ1v) is 11.3. The van der Waals surface area contributed by atoms with E-state index in [1.165, 1.54) is 0 Å². The van der Waals surface area contributed by atoms with Gasteiger partial charge in [0.2, 0.25) is 0 Å². The molecule has 3 aromatic carbocycles. The van der Waals surface area contributed by atoms with Gasteiger partial charge in [-0.2, -0.15) is 0 Å². The maximum Gasteiger partial charge on any atom is 0.169 e. The Morgan fingerprint density at radius 2 is 1.18 bits per heavy atom. The van der Waals surface area contributed by atoms with Crippen LogP contribution >= 0.6 is 0 Å². The van der Waals surface area contributed by atoms with Crippen molar-refractivity contribution in [3.63, 3.8) is 0 Å². The van der Waals surface area contributed by atoms with E-state index in [1.807, 2.05) is 87.5 Å². The fourth-order valence-electron chi connectivity index (χ4n) is 4.17. The second-order valence-corrected chi connectivity index (χ2v) is 10.6. The van der Waals surface area contributed by atoms with Crippen molar-refractivity contribution >= 4 is 0 Å². The van der Waals surface area contributed by atoms with E-state index in [9.17, 15) is 10.2 Å². The number of benzene rings is 3. The lowest BCUT2D eigenvalue weighted by Gasteiger charge is -2.28. The van der Waals surface area contributed by atoms with Crippen LogP contribution in [0.25, 0.3) is 33.9 Å². The molecule has 4 aromatic rings.